The first kappa shape index (κ1) is 23.3. The molecule has 1 N–H and O–H groups in total. The SMILES string of the molecule is CCOC(=O)c1nn(-c2ccc(F)cc2)c(=O)cc1OCC(=O)Nc1ccc(C(C)=O)cc1. The molecule has 0 saturated carbocycles. The molecule has 0 saturated heterocycles. The average molecular weight is 453 g/mol. The Morgan fingerprint density at radius 2 is 1.73 bits per heavy atom. The van der Waals surface area contributed by atoms with Gasteiger partial charge in [0.15, 0.2) is 18.1 Å². The van der Waals surface area contributed by atoms with Crippen molar-refractivity contribution in [3.05, 3.63) is 82.0 Å². The van der Waals surface area contributed by atoms with E-state index in [-0.39, 0.29) is 29.5 Å². The molecule has 33 heavy (non-hydrogen) atoms. The van der Waals surface area contributed by atoms with Crippen molar-refractivity contribution in [2.45, 2.75) is 13.8 Å². The van der Waals surface area contributed by atoms with Crippen LogP contribution in [0.4, 0.5) is 10.1 Å². The van der Waals surface area contributed by atoms with E-state index in [1.54, 1.807) is 31.2 Å². The molecular formula is C23H20FN3O6. The maximum atomic E-state index is 13.2. The molecule has 0 aliphatic rings. The first-order valence-electron chi connectivity index (χ1n) is 9.89. The summed E-state index contributed by atoms with van der Waals surface area (Å²) in [5.41, 5.74) is 0.176. The minimum Gasteiger partial charge on any atom is -0.481 e. The number of esters is 1. The molecule has 3 aromatic rings. The summed E-state index contributed by atoms with van der Waals surface area (Å²) in [4.78, 5) is 48.5. The van der Waals surface area contributed by atoms with E-state index in [4.69, 9.17) is 9.47 Å². The minimum absolute atomic E-state index is 0.0480. The van der Waals surface area contributed by atoms with E-state index in [2.05, 4.69) is 10.4 Å². The van der Waals surface area contributed by atoms with Gasteiger partial charge in [-0.25, -0.2) is 9.18 Å². The van der Waals surface area contributed by atoms with Gasteiger partial charge in [0.1, 0.15) is 5.82 Å². The zero-order valence-corrected chi connectivity index (χ0v) is 17.8. The third-order valence-corrected chi connectivity index (χ3v) is 4.37. The van der Waals surface area contributed by atoms with Crippen LogP contribution in [0.1, 0.15) is 34.7 Å². The molecule has 1 aromatic heterocycles. The molecule has 0 fully saturated rings. The molecule has 170 valence electrons. The van der Waals surface area contributed by atoms with Gasteiger partial charge in [-0.2, -0.15) is 9.78 Å². The van der Waals surface area contributed by atoms with Crippen molar-refractivity contribution in [3.8, 4) is 11.4 Å². The first-order chi connectivity index (χ1) is 15.8. The molecule has 3 rings (SSSR count). The Morgan fingerprint density at radius 1 is 1.06 bits per heavy atom. The zero-order valence-electron chi connectivity index (χ0n) is 17.8. The Bertz CT molecular complexity index is 1240. The van der Waals surface area contributed by atoms with Crippen LogP contribution < -0.4 is 15.6 Å². The van der Waals surface area contributed by atoms with E-state index < -0.39 is 29.9 Å². The molecule has 0 bridgehead atoms. The molecule has 0 aliphatic heterocycles. The number of amides is 1. The quantitative estimate of drug-likeness (QED) is 0.412. The van der Waals surface area contributed by atoms with Crippen molar-refractivity contribution in [2.75, 3.05) is 18.5 Å². The minimum atomic E-state index is -0.858. The highest BCUT2D eigenvalue weighted by Gasteiger charge is 2.20. The van der Waals surface area contributed by atoms with Crippen molar-refractivity contribution in [3.63, 3.8) is 0 Å². The van der Waals surface area contributed by atoms with Crippen molar-refractivity contribution in [1.82, 2.24) is 9.78 Å². The first-order valence-corrected chi connectivity index (χ1v) is 9.89. The van der Waals surface area contributed by atoms with Crippen LogP contribution in [-0.4, -0.2) is 40.7 Å². The van der Waals surface area contributed by atoms with Gasteiger partial charge in [0.25, 0.3) is 11.5 Å². The molecule has 0 radical (unpaired) electrons. The van der Waals surface area contributed by atoms with Crippen LogP contribution in [-0.2, 0) is 9.53 Å². The number of hydrogen-bond acceptors (Lipinski definition) is 7. The summed E-state index contributed by atoms with van der Waals surface area (Å²) in [7, 11) is 0. The lowest BCUT2D eigenvalue weighted by atomic mass is 10.1. The number of nitrogens with one attached hydrogen (secondary N) is 1. The predicted molar refractivity (Wildman–Crippen MR) is 116 cm³/mol. The summed E-state index contributed by atoms with van der Waals surface area (Å²) >= 11 is 0. The van der Waals surface area contributed by atoms with Gasteiger partial charge in [-0.15, -0.1) is 0 Å². The van der Waals surface area contributed by atoms with E-state index in [1.165, 1.54) is 19.1 Å². The number of ketones is 1. The van der Waals surface area contributed by atoms with Crippen LogP contribution in [0.15, 0.2) is 59.4 Å². The standard InChI is InChI=1S/C23H20FN3O6/c1-3-32-23(31)22-19(12-21(30)27(26-22)18-10-6-16(24)7-11-18)33-13-20(29)25-17-8-4-15(5-9-17)14(2)28/h4-12H,3,13H2,1-2H3,(H,25,29). The van der Waals surface area contributed by atoms with Crippen LogP contribution >= 0.6 is 0 Å². The third kappa shape index (κ3) is 5.88. The number of rotatable bonds is 8. The zero-order chi connectivity index (χ0) is 24.0. The number of aromatic nitrogens is 2. The molecule has 0 atom stereocenters. The number of ether oxygens (including phenoxy) is 2. The molecule has 2 aromatic carbocycles. The van der Waals surface area contributed by atoms with Gasteiger partial charge < -0.3 is 14.8 Å². The summed E-state index contributed by atoms with van der Waals surface area (Å²) in [6.45, 7) is 2.55. The normalized spacial score (nSPS) is 10.4. The van der Waals surface area contributed by atoms with E-state index in [0.29, 0.717) is 11.3 Å². The Labute approximate surface area is 187 Å². The second-order valence-corrected chi connectivity index (χ2v) is 6.77. The molecule has 1 heterocycles. The number of halogens is 1. The lowest BCUT2D eigenvalue weighted by Crippen LogP contribution is -2.27. The number of carbonyl (C=O) groups is 3. The van der Waals surface area contributed by atoms with Gasteiger partial charge in [-0.05, 0) is 62.4 Å². The average Bonchev–Trinajstić information content (AvgIpc) is 2.79. The topological polar surface area (TPSA) is 117 Å². The van der Waals surface area contributed by atoms with Gasteiger partial charge >= 0.3 is 5.97 Å². The van der Waals surface area contributed by atoms with Gasteiger partial charge in [0, 0.05) is 11.3 Å². The Morgan fingerprint density at radius 3 is 2.33 bits per heavy atom. The highest BCUT2D eigenvalue weighted by Crippen LogP contribution is 2.17. The number of nitrogens with zero attached hydrogens (tertiary/aromatic N) is 2. The number of carbonyl (C=O) groups excluding carboxylic acids is 3. The van der Waals surface area contributed by atoms with E-state index >= 15 is 0 Å². The van der Waals surface area contributed by atoms with Gasteiger partial charge in [0.2, 0.25) is 5.69 Å². The van der Waals surface area contributed by atoms with Crippen LogP contribution in [0, 0.1) is 5.82 Å². The Balaban J connectivity index is 1.80. The van der Waals surface area contributed by atoms with Gasteiger partial charge in [-0.3, -0.25) is 14.4 Å². The van der Waals surface area contributed by atoms with Crippen molar-refractivity contribution in [2.24, 2.45) is 0 Å². The molecule has 10 heteroatoms. The monoisotopic (exact) mass is 453 g/mol. The highest BCUT2D eigenvalue weighted by atomic mass is 19.1. The Kier molecular flexibility index (Phi) is 7.29. The molecule has 0 unspecified atom stereocenters. The molecule has 1 amide bonds. The summed E-state index contributed by atoms with van der Waals surface area (Å²) < 4.78 is 24.5. The lowest BCUT2D eigenvalue weighted by molar-refractivity contribution is -0.118. The van der Waals surface area contributed by atoms with Gasteiger partial charge in [-0.1, -0.05) is 0 Å². The summed E-state index contributed by atoms with van der Waals surface area (Å²) in [6.07, 6.45) is 0. The fraction of sp³-hybridized carbons (Fsp3) is 0.174. The molecule has 9 nitrogen and oxygen atoms in total. The number of Topliss-reactive ketones (excluding diaryl/α,β-unsaturated/α-hetero) is 1. The number of hydrogen-bond donors (Lipinski definition) is 1. The predicted octanol–water partition coefficient (Wildman–Crippen LogP) is 2.77. The lowest BCUT2D eigenvalue weighted by Gasteiger charge is -2.12. The molecular weight excluding hydrogens is 433 g/mol. The highest BCUT2D eigenvalue weighted by molar-refractivity contribution is 5.96. The van der Waals surface area contributed by atoms with Gasteiger partial charge in [0.05, 0.1) is 18.4 Å². The maximum Gasteiger partial charge on any atom is 0.362 e. The maximum absolute atomic E-state index is 13.2. The van der Waals surface area contributed by atoms with Crippen LogP contribution in [0.3, 0.4) is 0 Å². The fourth-order valence-electron chi connectivity index (χ4n) is 2.79. The van der Waals surface area contributed by atoms with Crippen LogP contribution in [0.25, 0.3) is 5.69 Å². The Hall–Kier alpha value is -4.34. The summed E-state index contributed by atoms with van der Waals surface area (Å²) in [5.74, 6) is -2.27. The van der Waals surface area contributed by atoms with E-state index in [0.717, 1.165) is 22.9 Å². The summed E-state index contributed by atoms with van der Waals surface area (Å²) in [5, 5.41) is 6.58. The second kappa shape index (κ2) is 10.3. The van der Waals surface area contributed by atoms with Crippen molar-refractivity contribution in [1.29, 1.82) is 0 Å². The third-order valence-electron chi connectivity index (χ3n) is 4.37. The number of anilines is 1. The smallest absolute Gasteiger partial charge is 0.362 e. The molecule has 0 spiro atoms. The van der Waals surface area contributed by atoms with Crippen LogP contribution in [0.2, 0.25) is 0 Å². The van der Waals surface area contributed by atoms with Crippen LogP contribution in [0.5, 0.6) is 5.75 Å². The van der Waals surface area contributed by atoms with Crippen molar-refractivity contribution < 1.29 is 28.2 Å². The fourth-order valence-corrected chi connectivity index (χ4v) is 2.79. The van der Waals surface area contributed by atoms with Crippen molar-refractivity contribution >= 4 is 23.3 Å². The second-order valence-electron chi connectivity index (χ2n) is 6.77. The summed E-state index contributed by atoms with van der Waals surface area (Å²) in [6, 6.07) is 12.2. The number of benzene rings is 2. The largest absolute Gasteiger partial charge is 0.481 e. The van der Waals surface area contributed by atoms with E-state index in [9.17, 15) is 23.6 Å². The molecule has 0 aliphatic carbocycles. The van der Waals surface area contributed by atoms with E-state index in [1.807, 2.05) is 0 Å².